The third-order valence-electron chi connectivity index (χ3n) is 7.92. The van der Waals surface area contributed by atoms with Crippen molar-refractivity contribution in [3.63, 3.8) is 0 Å². The van der Waals surface area contributed by atoms with Gasteiger partial charge in [0, 0.05) is 45.6 Å². The maximum Gasteiger partial charge on any atom is 0.0462 e. The van der Waals surface area contributed by atoms with Crippen molar-refractivity contribution in [1.82, 2.24) is 0 Å². The highest BCUT2D eigenvalue weighted by molar-refractivity contribution is 7.79. The fraction of sp³-hybridized carbons (Fsp3) is 0.100. The van der Waals surface area contributed by atoms with E-state index in [4.69, 9.17) is 0 Å². The first kappa shape index (κ1) is 29.7. The zero-order chi connectivity index (χ0) is 30.5. The van der Waals surface area contributed by atoms with Crippen molar-refractivity contribution < 1.29 is 0 Å². The van der Waals surface area contributed by atoms with E-state index < -0.39 is 0 Å². The summed E-state index contributed by atoms with van der Waals surface area (Å²) in [5.74, 6) is 1.45. The molecular weight excluding hydrogens is 573 g/mol. The highest BCUT2D eigenvalue weighted by atomic mass is 32.1. The number of benzene rings is 6. The van der Waals surface area contributed by atoms with Crippen LogP contribution in [0.3, 0.4) is 0 Å². The van der Waals surface area contributed by atoms with Gasteiger partial charge in [-0.25, -0.2) is 0 Å². The molecule has 218 valence electrons. The van der Waals surface area contributed by atoms with Crippen molar-refractivity contribution >= 4 is 59.4 Å². The van der Waals surface area contributed by atoms with Crippen LogP contribution in [0.15, 0.2) is 146 Å². The summed E-state index contributed by atoms with van der Waals surface area (Å²) in [6.45, 7) is 4.24. The number of anilines is 6. The third kappa shape index (κ3) is 6.57. The molecule has 2 nitrogen and oxygen atoms in total. The van der Waals surface area contributed by atoms with E-state index in [1.165, 1.54) is 33.4 Å². The van der Waals surface area contributed by atoms with Gasteiger partial charge < -0.3 is 9.80 Å². The van der Waals surface area contributed by atoms with Crippen LogP contribution >= 0.6 is 25.3 Å². The molecule has 4 heteroatoms. The summed E-state index contributed by atoms with van der Waals surface area (Å²) in [4.78, 5) is 4.60. The molecule has 0 aliphatic rings. The first-order valence-electron chi connectivity index (χ1n) is 14.9. The van der Waals surface area contributed by atoms with E-state index in [0.717, 1.165) is 45.6 Å². The van der Waals surface area contributed by atoms with Gasteiger partial charge in [0.15, 0.2) is 0 Å². The third-order valence-corrected chi connectivity index (χ3v) is 8.65. The van der Waals surface area contributed by atoms with Crippen molar-refractivity contribution in [1.29, 1.82) is 0 Å². The fourth-order valence-corrected chi connectivity index (χ4v) is 5.81. The van der Waals surface area contributed by atoms with E-state index in [1.807, 2.05) is 0 Å². The Morgan fingerprint density at radius 3 is 0.818 bits per heavy atom. The second-order valence-corrected chi connectivity index (χ2v) is 11.7. The summed E-state index contributed by atoms with van der Waals surface area (Å²) in [6, 6.07) is 52.3. The zero-order valence-electron chi connectivity index (χ0n) is 25.1. The van der Waals surface area contributed by atoms with Gasteiger partial charge in [-0.1, -0.05) is 83.9 Å². The van der Waals surface area contributed by atoms with Gasteiger partial charge in [-0.15, -0.1) is 0 Å². The second kappa shape index (κ2) is 13.5. The van der Waals surface area contributed by atoms with Crippen LogP contribution in [0, 0.1) is 13.8 Å². The SMILES string of the molecule is Cc1ccc(N(c2ccc(CS)cc2)c2ccc(-c3ccc(N(c4ccc(C)cc4)c4ccc(CS)cc4)cc3)cc2)cc1. The van der Waals surface area contributed by atoms with E-state index in [1.54, 1.807) is 0 Å². The molecule has 0 spiro atoms. The summed E-state index contributed by atoms with van der Waals surface area (Å²) in [7, 11) is 0. The molecule has 6 aromatic rings. The van der Waals surface area contributed by atoms with Gasteiger partial charge in [0.1, 0.15) is 0 Å². The number of hydrogen-bond acceptors (Lipinski definition) is 4. The molecule has 0 aliphatic carbocycles. The minimum absolute atomic E-state index is 0.726. The zero-order valence-corrected chi connectivity index (χ0v) is 26.8. The Labute approximate surface area is 272 Å². The Morgan fingerprint density at radius 2 is 0.568 bits per heavy atom. The summed E-state index contributed by atoms with van der Waals surface area (Å²) in [6.07, 6.45) is 0. The molecule has 0 saturated heterocycles. The number of aryl methyl sites for hydroxylation is 2. The molecule has 0 fully saturated rings. The second-order valence-electron chi connectivity index (χ2n) is 11.1. The molecule has 0 atom stereocenters. The maximum absolute atomic E-state index is 4.44. The van der Waals surface area contributed by atoms with Crippen LogP contribution < -0.4 is 9.80 Å². The molecule has 44 heavy (non-hydrogen) atoms. The van der Waals surface area contributed by atoms with Crippen LogP contribution in [0.5, 0.6) is 0 Å². The average Bonchev–Trinajstić information content (AvgIpc) is 3.08. The number of rotatable bonds is 9. The summed E-state index contributed by atoms with van der Waals surface area (Å²) in [5.41, 5.74) is 14.0. The van der Waals surface area contributed by atoms with Crippen molar-refractivity contribution in [3.05, 3.63) is 168 Å². The van der Waals surface area contributed by atoms with Gasteiger partial charge in [-0.2, -0.15) is 25.3 Å². The molecule has 0 heterocycles. The van der Waals surface area contributed by atoms with E-state index in [0.29, 0.717) is 0 Å². The molecule has 0 saturated carbocycles. The van der Waals surface area contributed by atoms with Crippen molar-refractivity contribution in [2.45, 2.75) is 25.4 Å². The predicted molar refractivity (Wildman–Crippen MR) is 196 cm³/mol. The first-order valence-corrected chi connectivity index (χ1v) is 16.1. The van der Waals surface area contributed by atoms with Crippen LogP contribution in [0.1, 0.15) is 22.3 Å². The molecule has 0 radical (unpaired) electrons. The molecule has 0 aliphatic heterocycles. The highest BCUT2D eigenvalue weighted by Gasteiger charge is 2.15. The molecule has 6 aromatic carbocycles. The smallest absolute Gasteiger partial charge is 0.0462 e. The monoisotopic (exact) mass is 608 g/mol. The van der Waals surface area contributed by atoms with Gasteiger partial charge in [0.25, 0.3) is 0 Å². The Balaban J connectivity index is 1.31. The van der Waals surface area contributed by atoms with E-state index >= 15 is 0 Å². The lowest BCUT2D eigenvalue weighted by Crippen LogP contribution is -2.10. The minimum Gasteiger partial charge on any atom is -0.311 e. The number of hydrogen-bond donors (Lipinski definition) is 2. The molecule has 0 unspecified atom stereocenters. The molecule has 0 aromatic heterocycles. The Morgan fingerprint density at radius 1 is 0.341 bits per heavy atom. The largest absolute Gasteiger partial charge is 0.311 e. The van der Waals surface area contributed by atoms with Crippen LogP contribution in [-0.2, 0) is 11.5 Å². The van der Waals surface area contributed by atoms with E-state index in [9.17, 15) is 0 Å². The van der Waals surface area contributed by atoms with E-state index in [-0.39, 0.29) is 0 Å². The normalized spacial score (nSPS) is 10.9. The van der Waals surface area contributed by atoms with Gasteiger partial charge >= 0.3 is 0 Å². The lowest BCUT2D eigenvalue weighted by molar-refractivity contribution is 1.26. The summed E-state index contributed by atoms with van der Waals surface area (Å²) in [5, 5.41) is 0. The average molecular weight is 609 g/mol. The topological polar surface area (TPSA) is 6.48 Å². The van der Waals surface area contributed by atoms with Crippen molar-refractivity contribution in [2.24, 2.45) is 0 Å². The fourth-order valence-electron chi connectivity index (χ4n) is 5.39. The standard InChI is InChI=1S/C40H36N2S2/c1-29-3-15-35(16-4-29)41(37-19-7-31(27-43)8-20-37)39-23-11-33(12-24-39)34-13-25-40(26-14-34)42(36-17-5-30(2)6-18-36)38-21-9-32(28-44)10-22-38/h3-26,43-44H,27-28H2,1-2H3. The Bertz CT molecular complexity index is 1660. The Kier molecular flexibility index (Phi) is 9.11. The predicted octanol–water partition coefficient (Wildman–Crippen LogP) is 11.8. The number of nitrogens with zero attached hydrogens (tertiary/aromatic N) is 2. The number of thiol groups is 2. The quantitative estimate of drug-likeness (QED) is 0.158. The van der Waals surface area contributed by atoms with Gasteiger partial charge in [0.2, 0.25) is 0 Å². The van der Waals surface area contributed by atoms with Gasteiger partial charge in [-0.3, -0.25) is 0 Å². The lowest BCUT2D eigenvalue weighted by atomic mass is 10.0. The van der Waals surface area contributed by atoms with Crippen LogP contribution in [-0.4, -0.2) is 0 Å². The Hall–Kier alpha value is -4.38. The van der Waals surface area contributed by atoms with Gasteiger partial charge in [0.05, 0.1) is 0 Å². The molecule has 0 bridgehead atoms. The maximum atomic E-state index is 4.44. The minimum atomic E-state index is 0.726. The van der Waals surface area contributed by atoms with Crippen LogP contribution in [0.2, 0.25) is 0 Å². The van der Waals surface area contributed by atoms with Crippen molar-refractivity contribution in [3.8, 4) is 11.1 Å². The van der Waals surface area contributed by atoms with E-state index in [2.05, 4.69) is 194 Å². The highest BCUT2D eigenvalue weighted by Crippen LogP contribution is 2.38. The molecule has 0 N–H and O–H groups in total. The lowest BCUT2D eigenvalue weighted by Gasteiger charge is -2.26. The first-order chi connectivity index (χ1) is 21.5. The molecular formula is C40H36N2S2. The van der Waals surface area contributed by atoms with Gasteiger partial charge in [-0.05, 0) is 109 Å². The van der Waals surface area contributed by atoms with Crippen molar-refractivity contribution in [2.75, 3.05) is 9.80 Å². The molecule has 0 amide bonds. The molecule has 6 rings (SSSR count). The van der Waals surface area contributed by atoms with Crippen LogP contribution in [0.4, 0.5) is 34.1 Å². The summed E-state index contributed by atoms with van der Waals surface area (Å²) >= 11 is 8.88. The van der Waals surface area contributed by atoms with Crippen LogP contribution in [0.25, 0.3) is 11.1 Å². The summed E-state index contributed by atoms with van der Waals surface area (Å²) < 4.78 is 0.